The Kier molecular flexibility index (Phi) is 34.7. The molecule has 3 unspecified atom stereocenters. The van der Waals surface area contributed by atoms with Crippen LogP contribution in [0.15, 0.2) is 0 Å². The Balaban J connectivity index is 4.31. The first-order valence-corrected chi connectivity index (χ1v) is 22.2. The highest BCUT2D eigenvalue weighted by Crippen LogP contribution is 2.44. The highest BCUT2D eigenvalue weighted by Gasteiger charge is 2.24. The van der Waals surface area contributed by atoms with Crippen molar-refractivity contribution in [2.24, 2.45) is 0 Å². The van der Waals surface area contributed by atoms with Crippen LogP contribution in [0.3, 0.4) is 0 Å². The average molecular weight is 721 g/mol. The van der Waals surface area contributed by atoms with E-state index >= 15 is 0 Å². The molecule has 0 amide bonds. The van der Waals surface area contributed by atoms with Gasteiger partial charge in [0, 0.05) is 19.5 Å². The Hall–Kier alpha value is -0.990. The second-order valence-electron chi connectivity index (χ2n) is 14.0. The molecule has 49 heavy (non-hydrogen) atoms. The van der Waals surface area contributed by atoms with E-state index in [9.17, 15) is 19.3 Å². The Morgan fingerprint density at radius 1 is 0.531 bits per heavy atom. The number of unbranched alkanes of at least 4 members (excludes halogenated alkanes) is 24. The van der Waals surface area contributed by atoms with Crippen molar-refractivity contribution in [2.45, 2.75) is 206 Å². The SMILES string of the molecule is CCCCCCCCCCCCCCCC(=O)OCC(COP(C)(=O)OCC(O)CO)OC(=O)CCCCCCCCCCCCCCC. The molecule has 0 aliphatic heterocycles. The molecule has 9 nitrogen and oxygen atoms in total. The van der Waals surface area contributed by atoms with Crippen LogP contribution in [0.1, 0.15) is 194 Å². The van der Waals surface area contributed by atoms with Crippen LogP contribution in [0.5, 0.6) is 0 Å². The molecule has 0 aliphatic rings. The summed E-state index contributed by atoms with van der Waals surface area (Å²) in [4.78, 5) is 25.0. The van der Waals surface area contributed by atoms with Gasteiger partial charge in [0.1, 0.15) is 12.7 Å². The lowest BCUT2D eigenvalue weighted by atomic mass is 10.0. The second kappa shape index (κ2) is 35.4. The van der Waals surface area contributed by atoms with Gasteiger partial charge in [-0.3, -0.25) is 14.2 Å². The lowest BCUT2D eigenvalue weighted by Crippen LogP contribution is -2.29. The maximum absolute atomic E-state index is 12.6. The van der Waals surface area contributed by atoms with E-state index < -0.39 is 32.4 Å². The fraction of sp³-hybridized carbons (Fsp3) is 0.949. The van der Waals surface area contributed by atoms with Gasteiger partial charge in [0.25, 0.3) is 0 Å². The molecular weight excluding hydrogens is 643 g/mol. The summed E-state index contributed by atoms with van der Waals surface area (Å²) in [7, 11) is -3.60. The molecule has 0 saturated carbocycles. The maximum atomic E-state index is 12.6. The molecule has 10 heteroatoms. The summed E-state index contributed by atoms with van der Waals surface area (Å²) in [6, 6.07) is 0. The smallest absolute Gasteiger partial charge is 0.327 e. The summed E-state index contributed by atoms with van der Waals surface area (Å²) in [5.74, 6) is -0.769. The zero-order valence-electron chi connectivity index (χ0n) is 32.0. The largest absolute Gasteiger partial charge is 0.462 e. The molecule has 0 saturated heterocycles. The number of aliphatic hydroxyl groups is 2. The van der Waals surface area contributed by atoms with Crippen molar-refractivity contribution in [1.29, 1.82) is 0 Å². The molecule has 0 aliphatic carbocycles. The minimum Gasteiger partial charge on any atom is -0.462 e. The number of hydrogen-bond acceptors (Lipinski definition) is 9. The van der Waals surface area contributed by atoms with E-state index in [1.165, 1.54) is 135 Å². The summed E-state index contributed by atoms with van der Waals surface area (Å²) in [5.41, 5.74) is 0. The van der Waals surface area contributed by atoms with Crippen LogP contribution in [0.2, 0.25) is 0 Å². The van der Waals surface area contributed by atoms with Gasteiger partial charge in [0.15, 0.2) is 6.10 Å². The van der Waals surface area contributed by atoms with E-state index in [-0.39, 0.29) is 32.2 Å². The highest BCUT2D eigenvalue weighted by atomic mass is 31.2. The third kappa shape index (κ3) is 35.2. The van der Waals surface area contributed by atoms with E-state index in [1.54, 1.807) is 0 Å². The van der Waals surface area contributed by atoms with Crippen LogP contribution in [-0.2, 0) is 32.7 Å². The Morgan fingerprint density at radius 3 is 1.27 bits per heavy atom. The summed E-state index contributed by atoms with van der Waals surface area (Å²) in [6.45, 7) is 4.37. The number of esters is 2. The Labute approximate surface area is 300 Å². The number of carbonyl (C=O) groups excluding carboxylic acids is 2. The van der Waals surface area contributed by atoms with E-state index in [4.69, 9.17) is 23.6 Å². The normalized spacial score (nSPS) is 14.0. The van der Waals surface area contributed by atoms with Gasteiger partial charge in [-0.25, -0.2) is 0 Å². The van der Waals surface area contributed by atoms with Gasteiger partial charge in [0.05, 0.1) is 19.8 Å². The molecule has 2 N–H and O–H groups in total. The standard InChI is InChI=1S/C39H77O9P/c1-4-6-8-10-12-14-16-18-20-22-24-26-28-30-38(42)45-34-37(35-47-49(3,44)46-33-36(41)32-40)48-39(43)31-29-27-25-23-21-19-17-15-13-11-9-7-5-2/h36-37,40-41H,4-35H2,1-3H3. The van der Waals surface area contributed by atoms with Crippen molar-refractivity contribution in [3.63, 3.8) is 0 Å². The molecule has 3 atom stereocenters. The fourth-order valence-electron chi connectivity index (χ4n) is 5.72. The Bertz CT molecular complexity index is 794. The number of rotatable bonds is 38. The molecule has 292 valence electrons. The monoisotopic (exact) mass is 721 g/mol. The van der Waals surface area contributed by atoms with Crippen molar-refractivity contribution in [2.75, 3.05) is 33.1 Å². The molecule has 0 aromatic rings. The van der Waals surface area contributed by atoms with Crippen LogP contribution in [0.4, 0.5) is 0 Å². The highest BCUT2D eigenvalue weighted by molar-refractivity contribution is 7.52. The second-order valence-corrected chi connectivity index (χ2v) is 16.0. The number of carbonyl (C=O) groups is 2. The van der Waals surface area contributed by atoms with Gasteiger partial charge in [-0.2, -0.15) is 0 Å². The van der Waals surface area contributed by atoms with E-state index in [1.807, 2.05) is 0 Å². The number of hydrogen-bond donors (Lipinski definition) is 2. The first-order chi connectivity index (χ1) is 23.7. The first kappa shape index (κ1) is 48.0. The van der Waals surface area contributed by atoms with Gasteiger partial charge in [-0.1, -0.05) is 168 Å². The first-order valence-electron chi connectivity index (χ1n) is 20.2. The fourth-order valence-corrected chi connectivity index (χ4v) is 6.68. The lowest BCUT2D eigenvalue weighted by Gasteiger charge is -2.21. The number of aliphatic hydroxyl groups excluding tert-OH is 2. The summed E-state index contributed by atoms with van der Waals surface area (Å²) in [6.07, 6.45) is 30.2. The van der Waals surface area contributed by atoms with E-state index in [0.717, 1.165) is 38.5 Å². The maximum Gasteiger partial charge on any atom is 0.327 e. The predicted octanol–water partition coefficient (Wildman–Crippen LogP) is 10.6. The van der Waals surface area contributed by atoms with Gasteiger partial charge in [0.2, 0.25) is 0 Å². The third-order valence-corrected chi connectivity index (χ3v) is 10.1. The predicted molar refractivity (Wildman–Crippen MR) is 200 cm³/mol. The molecule has 0 heterocycles. The van der Waals surface area contributed by atoms with Crippen LogP contribution < -0.4 is 0 Å². The molecule has 0 spiro atoms. The lowest BCUT2D eigenvalue weighted by molar-refractivity contribution is -0.161. The zero-order chi connectivity index (χ0) is 36.3. The molecule has 0 bridgehead atoms. The zero-order valence-corrected chi connectivity index (χ0v) is 32.9. The quantitative estimate of drug-likeness (QED) is 0.0364. The van der Waals surface area contributed by atoms with Crippen LogP contribution >= 0.6 is 7.60 Å². The Morgan fingerprint density at radius 2 is 0.878 bits per heavy atom. The average Bonchev–Trinajstić information content (AvgIpc) is 3.09. The molecule has 0 radical (unpaired) electrons. The van der Waals surface area contributed by atoms with Crippen molar-refractivity contribution in [1.82, 2.24) is 0 Å². The minimum absolute atomic E-state index is 0.194. The van der Waals surface area contributed by atoms with Crippen molar-refractivity contribution in [3.05, 3.63) is 0 Å². The van der Waals surface area contributed by atoms with Gasteiger partial charge in [-0.05, 0) is 12.8 Å². The van der Waals surface area contributed by atoms with Crippen molar-refractivity contribution in [3.8, 4) is 0 Å². The molecule has 0 aromatic carbocycles. The minimum atomic E-state index is -3.60. The van der Waals surface area contributed by atoms with Gasteiger partial charge < -0.3 is 28.7 Å². The van der Waals surface area contributed by atoms with E-state index in [0.29, 0.717) is 6.42 Å². The van der Waals surface area contributed by atoms with Crippen LogP contribution in [0, 0.1) is 0 Å². The molecular formula is C39H77O9P. The van der Waals surface area contributed by atoms with Crippen molar-refractivity contribution < 1.29 is 42.9 Å². The van der Waals surface area contributed by atoms with Crippen LogP contribution in [0.25, 0.3) is 0 Å². The summed E-state index contributed by atoms with van der Waals surface area (Å²) in [5, 5.41) is 18.5. The summed E-state index contributed by atoms with van der Waals surface area (Å²) < 4.78 is 34.1. The molecule has 0 fully saturated rings. The number of ether oxygens (including phenoxy) is 2. The van der Waals surface area contributed by atoms with Gasteiger partial charge in [-0.15, -0.1) is 0 Å². The molecule has 0 aromatic heterocycles. The van der Waals surface area contributed by atoms with Gasteiger partial charge >= 0.3 is 19.5 Å². The molecule has 0 rings (SSSR count). The van der Waals surface area contributed by atoms with Crippen LogP contribution in [-0.4, -0.2) is 67.5 Å². The summed E-state index contributed by atoms with van der Waals surface area (Å²) >= 11 is 0. The third-order valence-electron chi connectivity index (χ3n) is 8.90. The topological polar surface area (TPSA) is 129 Å². The van der Waals surface area contributed by atoms with Crippen molar-refractivity contribution >= 4 is 19.5 Å². The van der Waals surface area contributed by atoms with E-state index in [2.05, 4.69) is 13.8 Å².